The molecule has 1 aliphatic rings. The van der Waals surface area contributed by atoms with E-state index < -0.39 is 49.5 Å². The molecule has 0 aliphatic carbocycles. The Morgan fingerprint density at radius 3 is 1.02 bits per heavy atom. The van der Waals surface area contributed by atoms with Gasteiger partial charge in [0.1, 0.15) is 24.4 Å². The van der Waals surface area contributed by atoms with Gasteiger partial charge >= 0.3 is 5.97 Å². The maximum absolute atomic E-state index is 13.1. The van der Waals surface area contributed by atoms with Crippen LogP contribution in [0.1, 0.15) is 431 Å². The Kier molecular flexibility index (Phi) is 69.4. The fourth-order valence-corrected chi connectivity index (χ4v) is 13.6. The predicted octanol–water partition coefficient (Wildman–Crippen LogP) is 22.7. The van der Waals surface area contributed by atoms with Gasteiger partial charge in [0.15, 0.2) is 6.29 Å². The smallest absolute Gasteiger partial charge is 0.305 e. The Balaban J connectivity index is 1.89. The van der Waals surface area contributed by atoms with Crippen molar-refractivity contribution in [1.29, 1.82) is 0 Å². The zero-order valence-corrected chi connectivity index (χ0v) is 62.2. The molecule has 1 saturated heterocycles. The van der Waals surface area contributed by atoms with Crippen LogP contribution >= 0.6 is 0 Å². The second-order valence-electron chi connectivity index (χ2n) is 29.2. The number of hydrogen-bond donors (Lipinski definition) is 6. The van der Waals surface area contributed by atoms with Gasteiger partial charge in [-0.05, 0) is 57.8 Å². The average Bonchev–Trinajstić information content (AvgIpc) is 0.876. The SMILES string of the molecule is CCCCCCCCCCCCCC/C=C/C(O)C(COC1OC(CO)C(O)C(O)C1O)NC(=O)CCCCCCCCCCCCCCCCCCC/C=C\CCCCCCCCCCCCCCCCCCCCOC(=O)CCCCCCCCCCCCCCC. The molecular formula is C83H159NO10. The number of aliphatic hydroxyl groups excluding tert-OH is 5. The normalized spacial score (nSPS) is 17.5. The summed E-state index contributed by atoms with van der Waals surface area (Å²) in [6.45, 7) is 4.41. The van der Waals surface area contributed by atoms with Crippen molar-refractivity contribution in [3.63, 3.8) is 0 Å². The summed E-state index contributed by atoms with van der Waals surface area (Å²) in [5, 5.41) is 54.6. The van der Waals surface area contributed by atoms with E-state index in [9.17, 15) is 35.1 Å². The second-order valence-corrected chi connectivity index (χ2v) is 29.2. The number of esters is 1. The number of hydrogen-bond acceptors (Lipinski definition) is 10. The standard InChI is InChI=1S/C83H159NO10/c1-3-5-7-9-11-13-15-17-46-49-53-57-61-65-69-76(86)75(74-93-83-82(91)81(90)80(89)77(73-85)94-83)84-78(87)70-66-62-58-54-50-47-43-41-39-37-35-33-31-29-27-25-23-21-19-18-20-22-24-26-28-30-32-34-36-38-40-42-44-48-52-56-60-64-68-72-92-79(88)71-67-63-59-55-51-45-16-14-12-10-8-6-4-2/h18-19,65,69,75-77,80-83,85-86,89-91H,3-17,20-64,66-68,70-74H2,1-2H3,(H,84,87)/b19-18-,69-65+. The Hall–Kier alpha value is -1.86. The van der Waals surface area contributed by atoms with E-state index in [1.165, 1.54) is 353 Å². The maximum atomic E-state index is 13.1. The van der Waals surface area contributed by atoms with Crippen molar-refractivity contribution >= 4 is 11.9 Å². The highest BCUT2D eigenvalue weighted by atomic mass is 16.7. The van der Waals surface area contributed by atoms with E-state index in [4.69, 9.17) is 14.2 Å². The second kappa shape index (κ2) is 72.4. The molecule has 1 amide bonds. The molecule has 11 nitrogen and oxygen atoms in total. The molecular weight excluding hydrogens is 1170 g/mol. The van der Waals surface area contributed by atoms with Crippen LogP contribution in [-0.2, 0) is 23.8 Å². The molecule has 0 bridgehead atoms. The molecule has 0 saturated carbocycles. The van der Waals surface area contributed by atoms with Gasteiger partial charge in [-0.25, -0.2) is 0 Å². The lowest BCUT2D eigenvalue weighted by Gasteiger charge is -2.40. The van der Waals surface area contributed by atoms with Crippen LogP contribution in [0.25, 0.3) is 0 Å². The molecule has 1 fully saturated rings. The minimum absolute atomic E-state index is 0.0192. The van der Waals surface area contributed by atoms with E-state index in [1.54, 1.807) is 6.08 Å². The number of unbranched alkanes of at least 4 members (excludes halogenated alkanes) is 59. The van der Waals surface area contributed by atoms with Crippen LogP contribution in [0.5, 0.6) is 0 Å². The summed E-state index contributed by atoms with van der Waals surface area (Å²) in [5.74, 6) is -0.155. The molecule has 7 unspecified atom stereocenters. The van der Waals surface area contributed by atoms with Crippen molar-refractivity contribution in [2.45, 2.75) is 474 Å². The highest BCUT2D eigenvalue weighted by molar-refractivity contribution is 5.76. The summed E-state index contributed by atoms with van der Waals surface area (Å²) in [7, 11) is 0. The number of rotatable bonds is 75. The van der Waals surface area contributed by atoms with Gasteiger partial charge in [-0.3, -0.25) is 9.59 Å². The molecule has 0 aromatic rings. The summed E-state index contributed by atoms with van der Waals surface area (Å²) < 4.78 is 16.8. The number of ether oxygens (including phenoxy) is 3. The van der Waals surface area contributed by atoms with Gasteiger partial charge in [-0.2, -0.15) is 0 Å². The van der Waals surface area contributed by atoms with Crippen molar-refractivity contribution < 1.29 is 49.3 Å². The lowest BCUT2D eigenvalue weighted by atomic mass is 9.99. The first-order valence-electron chi connectivity index (χ1n) is 41.6. The van der Waals surface area contributed by atoms with Crippen molar-refractivity contribution in [1.82, 2.24) is 5.32 Å². The van der Waals surface area contributed by atoms with Crippen LogP contribution in [0.2, 0.25) is 0 Å². The van der Waals surface area contributed by atoms with Crippen molar-refractivity contribution in [3.05, 3.63) is 24.3 Å². The molecule has 6 N–H and O–H groups in total. The third-order valence-electron chi connectivity index (χ3n) is 20.1. The van der Waals surface area contributed by atoms with E-state index in [0.29, 0.717) is 19.4 Å². The first-order valence-corrected chi connectivity index (χ1v) is 41.6. The van der Waals surface area contributed by atoms with Crippen molar-refractivity contribution in [3.8, 4) is 0 Å². The zero-order valence-electron chi connectivity index (χ0n) is 62.2. The Morgan fingerprint density at radius 2 is 0.681 bits per heavy atom. The number of carbonyl (C=O) groups is 2. The molecule has 94 heavy (non-hydrogen) atoms. The minimum atomic E-state index is -1.57. The summed E-state index contributed by atoms with van der Waals surface area (Å²) >= 11 is 0. The van der Waals surface area contributed by atoms with Gasteiger partial charge in [0.2, 0.25) is 5.91 Å². The minimum Gasteiger partial charge on any atom is -0.466 e. The zero-order chi connectivity index (χ0) is 67.9. The molecule has 1 rings (SSSR count). The van der Waals surface area contributed by atoms with Gasteiger partial charge in [-0.1, -0.05) is 385 Å². The summed E-state index contributed by atoms with van der Waals surface area (Å²) in [6, 6.07) is -0.807. The number of amides is 1. The van der Waals surface area contributed by atoms with E-state index in [2.05, 4.69) is 31.3 Å². The van der Waals surface area contributed by atoms with Gasteiger partial charge < -0.3 is 45.1 Å². The molecule has 0 spiro atoms. The van der Waals surface area contributed by atoms with Gasteiger partial charge in [0, 0.05) is 12.8 Å². The maximum Gasteiger partial charge on any atom is 0.305 e. The Morgan fingerprint density at radius 1 is 0.383 bits per heavy atom. The van der Waals surface area contributed by atoms with Crippen LogP contribution in [0.4, 0.5) is 0 Å². The molecule has 0 aromatic heterocycles. The highest BCUT2D eigenvalue weighted by Gasteiger charge is 2.44. The summed E-state index contributed by atoms with van der Waals surface area (Å²) in [6.07, 6.45) is 83.6. The lowest BCUT2D eigenvalue weighted by molar-refractivity contribution is -0.302. The monoisotopic (exact) mass is 1330 g/mol. The van der Waals surface area contributed by atoms with Gasteiger partial charge in [-0.15, -0.1) is 0 Å². The molecule has 0 aromatic carbocycles. The largest absolute Gasteiger partial charge is 0.466 e. The first-order chi connectivity index (χ1) is 46.2. The first kappa shape index (κ1) is 90.2. The van der Waals surface area contributed by atoms with Crippen molar-refractivity contribution in [2.24, 2.45) is 0 Å². The quantitative estimate of drug-likeness (QED) is 0.0195. The fourth-order valence-electron chi connectivity index (χ4n) is 13.6. The Labute approximate surface area is 581 Å². The van der Waals surface area contributed by atoms with E-state index >= 15 is 0 Å². The van der Waals surface area contributed by atoms with Crippen LogP contribution in [0, 0.1) is 0 Å². The topological polar surface area (TPSA) is 175 Å². The molecule has 0 radical (unpaired) electrons. The van der Waals surface area contributed by atoms with Crippen LogP contribution in [0.15, 0.2) is 24.3 Å². The fraction of sp³-hybridized carbons (Fsp3) is 0.928. The molecule has 1 heterocycles. The molecule has 7 atom stereocenters. The third kappa shape index (κ3) is 60.1. The molecule has 556 valence electrons. The third-order valence-corrected chi connectivity index (χ3v) is 20.1. The van der Waals surface area contributed by atoms with Crippen LogP contribution in [-0.4, -0.2) is 100 Å². The summed E-state index contributed by atoms with van der Waals surface area (Å²) in [4.78, 5) is 25.2. The van der Waals surface area contributed by atoms with E-state index in [1.807, 2.05) is 6.08 Å². The number of aliphatic hydroxyl groups is 5. The van der Waals surface area contributed by atoms with Crippen LogP contribution in [0.3, 0.4) is 0 Å². The lowest BCUT2D eigenvalue weighted by Crippen LogP contribution is -2.60. The van der Waals surface area contributed by atoms with Gasteiger partial charge in [0.05, 0.1) is 32.0 Å². The highest BCUT2D eigenvalue weighted by Crippen LogP contribution is 2.24. The Bertz CT molecular complexity index is 1610. The molecule has 1 aliphatic heterocycles. The van der Waals surface area contributed by atoms with E-state index in [0.717, 1.165) is 51.4 Å². The van der Waals surface area contributed by atoms with Crippen LogP contribution < -0.4 is 5.32 Å². The number of carbonyl (C=O) groups excluding carboxylic acids is 2. The number of allylic oxidation sites excluding steroid dienone is 3. The van der Waals surface area contributed by atoms with E-state index in [-0.39, 0.29) is 18.5 Å². The van der Waals surface area contributed by atoms with Gasteiger partial charge in [0.25, 0.3) is 0 Å². The number of nitrogens with one attached hydrogen (secondary N) is 1. The predicted molar refractivity (Wildman–Crippen MR) is 398 cm³/mol. The molecule has 11 heteroatoms. The average molecular weight is 1330 g/mol. The van der Waals surface area contributed by atoms with Crippen molar-refractivity contribution in [2.75, 3.05) is 19.8 Å². The summed E-state index contributed by atoms with van der Waals surface area (Å²) in [5.41, 5.74) is 0.